The van der Waals surface area contributed by atoms with Crippen molar-refractivity contribution < 1.29 is 14.2 Å². The van der Waals surface area contributed by atoms with E-state index in [1.165, 1.54) is 31.2 Å². The van der Waals surface area contributed by atoms with Crippen molar-refractivity contribution in [1.82, 2.24) is 4.98 Å². The van der Waals surface area contributed by atoms with E-state index in [9.17, 15) is 9.50 Å². The van der Waals surface area contributed by atoms with Gasteiger partial charge in [0, 0.05) is 11.6 Å². The molecule has 0 aliphatic rings. The number of rotatable bonds is 7. The molecule has 1 aromatic carbocycles. The minimum atomic E-state index is -0.376. The fraction of sp³-hybridized carbons (Fsp3) is 0.353. The zero-order valence-electron chi connectivity index (χ0n) is 12.2. The Kier molecular flexibility index (Phi) is 5.55. The van der Waals surface area contributed by atoms with Gasteiger partial charge >= 0.3 is 0 Å². The van der Waals surface area contributed by atoms with E-state index in [-0.39, 0.29) is 11.6 Å². The Bertz CT molecular complexity index is 570. The van der Waals surface area contributed by atoms with Gasteiger partial charge in [-0.1, -0.05) is 26.2 Å². The van der Waals surface area contributed by atoms with E-state index in [2.05, 4.69) is 11.9 Å². The first-order valence-corrected chi connectivity index (χ1v) is 7.28. The van der Waals surface area contributed by atoms with E-state index in [1.54, 1.807) is 18.2 Å². The van der Waals surface area contributed by atoms with E-state index in [4.69, 9.17) is 4.74 Å². The van der Waals surface area contributed by atoms with Crippen LogP contribution in [-0.4, -0.2) is 16.7 Å². The summed E-state index contributed by atoms with van der Waals surface area (Å²) >= 11 is 0. The number of pyridine rings is 1. The average Bonchev–Trinajstić information content (AvgIpc) is 2.48. The van der Waals surface area contributed by atoms with E-state index in [1.807, 2.05) is 0 Å². The number of ether oxygens (including phenoxy) is 1. The van der Waals surface area contributed by atoms with Crippen molar-refractivity contribution in [3.8, 4) is 22.8 Å². The molecule has 2 rings (SSSR count). The third-order valence-electron chi connectivity index (χ3n) is 3.23. The molecule has 112 valence electrons. The van der Waals surface area contributed by atoms with Gasteiger partial charge in [0.05, 0.1) is 18.5 Å². The maximum Gasteiger partial charge on any atom is 0.136 e. The molecule has 0 amide bonds. The Morgan fingerprint density at radius 2 is 2.00 bits per heavy atom. The maximum atomic E-state index is 14.1. The van der Waals surface area contributed by atoms with Crippen molar-refractivity contribution in [3.05, 3.63) is 42.3 Å². The van der Waals surface area contributed by atoms with Crippen LogP contribution in [0.3, 0.4) is 0 Å². The molecule has 1 N–H and O–H groups in total. The Morgan fingerprint density at radius 3 is 2.67 bits per heavy atom. The molecule has 21 heavy (non-hydrogen) atoms. The van der Waals surface area contributed by atoms with E-state index >= 15 is 0 Å². The molecule has 0 radical (unpaired) electrons. The number of hydrogen-bond acceptors (Lipinski definition) is 3. The predicted octanol–water partition coefficient (Wildman–Crippen LogP) is 4.55. The summed E-state index contributed by atoms with van der Waals surface area (Å²) in [6.45, 7) is 2.77. The largest absolute Gasteiger partial charge is 0.506 e. The predicted molar refractivity (Wildman–Crippen MR) is 80.9 cm³/mol. The average molecular weight is 289 g/mol. The molecule has 0 bridgehead atoms. The van der Waals surface area contributed by atoms with E-state index < -0.39 is 0 Å². The van der Waals surface area contributed by atoms with Crippen molar-refractivity contribution >= 4 is 0 Å². The number of aromatic nitrogens is 1. The van der Waals surface area contributed by atoms with Gasteiger partial charge in [0.25, 0.3) is 0 Å². The smallest absolute Gasteiger partial charge is 0.136 e. The molecule has 2 aromatic rings. The Morgan fingerprint density at radius 1 is 1.14 bits per heavy atom. The van der Waals surface area contributed by atoms with Crippen LogP contribution < -0.4 is 4.74 Å². The zero-order valence-corrected chi connectivity index (χ0v) is 12.2. The molecule has 0 atom stereocenters. The van der Waals surface area contributed by atoms with Gasteiger partial charge in [0.2, 0.25) is 0 Å². The quantitative estimate of drug-likeness (QED) is 0.760. The topological polar surface area (TPSA) is 42.4 Å². The number of nitrogens with zero attached hydrogens (tertiary/aromatic N) is 1. The summed E-state index contributed by atoms with van der Waals surface area (Å²) in [5, 5.41) is 9.20. The number of halogens is 1. The summed E-state index contributed by atoms with van der Waals surface area (Å²) in [5.74, 6) is 0.219. The lowest BCUT2D eigenvalue weighted by Gasteiger charge is -2.08. The second-order valence-electron chi connectivity index (χ2n) is 4.95. The SMILES string of the molecule is CCCCCCOc1ccc(-c2ccc(O)cn2)c(F)c1. The highest BCUT2D eigenvalue weighted by Gasteiger charge is 2.08. The summed E-state index contributed by atoms with van der Waals surface area (Å²) in [7, 11) is 0. The summed E-state index contributed by atoms with van der Waals surface area (Å²) in [6.07, 6.45) is 5.80. The van der Waals surface area contributed by atoms with Crippen molar-refractivity contribution in [3.63, 3.8) is 0 Å². The third kappa shape index (κ3) is 4.45. The van der Waals surface area contributed by atoms with E-state index in [0.717, 1.165) is 12.8 Å². The molecule has 3 nitrogen and oxygen atoms in total. The Balaban J connectivity index is 1.99. The van der Waals surface area contributed by atoms with Crippen molar-refractivity contribution in [2.45, 2.75) is 32.6 Å². The summed E-state index contributed by atoms with van der Waals surface area (Å²) in [4.78, 5) is 4.00. The molecule has 0 unspecified atom stereocenters. The third-order valence-corrected chi connectivity index (χ3v) is 3.23. The molecule has 0 saturated carbocycles. The second kappa shape index (κ2) is 7.62. The first-order chi connectivity index (χ1) is 10.2. The number of unbranched alkanes of at least 4 members (excludes halogenated alkanes) is 3. The summed E-state index contributed by atoms with van der Waals surface area (Å²) < 4.78 is 19.6. The number of hydrogen-bond donors (Lipinski definition) is 1. The van der Waals surface area contributed by atoms with Gasteiger partial charge in [0.1, 0.15) is 17.3 Å². The van der Waals surface area contributed by atoms with Crippen LogP contribution in [0.4, 0.5) is 4.39 Å². The van der Waals surface area contributed by atoms with Crippen LogP contribution in [0.25, 0.3) is 11.3 Å². The van der Waals surface area contributed by atoms with Crippen LogP contribution in [0, 0.1) is 5.82 Å². The number of benzene rings is 1. The lowest BCUT2D eigenvalue weighted by Crippen LogP contribution is -1.98. The molecule has 4 heteroatoms. The van der Waals surface area contributed by atoms with Gasteiger partial charge in [0.15, 0.2) is 0 Å². The van der Waals surface area contributed by atoms with Crippen molar-refractivity contribution in [2.75, 3.05) is 6.61 Å². The molecule has 0 aliphatic carbocycles. The van der Waals surface area contributed by atoms with Crippen LogP contribution in [0.1, 0.15) is 32.6 Å². The molecule has 0 aliphatic heterocycles. The molecule has 0 saturated heterocycles. The van der Waals surface area contributed by atoms with Crippen LogP contribution in [-0.2, 0) is 0 Å². The van der Waals surface area contributed by atoms with Gasteiger partial charge < -0.3 is 9.84 Å². The summed E-state index contributed by atoms with van der Waals surface area (Å²) in [5.41, 5.74) is 0.883. The van der Waals surface area contributed by atoms with Crippen molar-refractivity contribution in [2.24, 2.45) is 0 Å². The molecule has 0 fully saturated rings. The first-order valence-electron chi connectivity index (χ1n) is 7.28. The van der Waals surface area contributed by atoms with Crippen molar-refractivity contribution in [1.29, 1.82) is 0 Å². The molecule has 1 heterocycles. The Hall–Kier alpha value is -2.10. The number of aromatic hydroxyl groups is 1. The van der Waals surface area contributed by atoms with Crippen LogP contribution in [0.2, 0.25) is 0 Å². The fourth-order valence-electron chi connectivity index (χ4n) is 2.06. The fourth-order valence-corrected chi connectivity index (χ4v) is 2.06. The highest BCUT2D eigenvalue weighted by Crippen LogP contribution is 2.25. The minimum Gasteiger partial charge on any atom is -0.506 e. The van der Waals surface area contributed by atoms with E-state index in [0.29, 0.717) is 23.6 Å². The lowest BCUT2D eigenvalue weighted by atomic mass is 10.1. The highest BCUT2D eigenvalue weighted by atomic mass is 19.1. The maximum absolute atomic E-state index is 14.1. The second-order valence-corrected chi connectivity index (χ2v) is 4.95. The minimum absolute atomic E-state index is 0.0613. The van der Waals surface area contributed by atoms with Gasteiger partial charge in [-0.25, -0.2) is 4.39 Å². The normalized spacial score (nSPS) is 10.6. The highest BCUT2D eigenvalue weighted by molar-refractivity contribution is 5.61. The molecule has 0 spiro atoms. The molecular formula is C17H20FNO2. The van der Waals surface area contributed by atoms with Crippen LogP contribution >= 0.6 is 0 Å². The van der Waals surface area contributed by atoms with Gasteiger partial charge in [-0.3, -0.25) is 4.98 Å². The standard InChI is InChI=1S/C17H20FNO2/c1-2-3-4-5-10-21-14-7-8-15(16(18)11-14)17-9-6-13(20)12-19-17/h6-9,11-12,20H,2-5,10H2,1H3. The molecule has 1 aromatic heterocycles. The van der Waals surface area contributed by atoms with Gasteiger partial charge in [-0.2, -0.15) is 0 Å². The lowest BCUT2D eigenvalue weighted by molar-refractivity contribution is 0.303. The monoisotopic (exact) mass is 289 g/mol. The Labute approximate surface area is 124 Å². The van der Waals surface area contributed by atoms with Gasteiger partial charge in [-0.15, -0.1) is 0 Å². The zero-order chi connectivity index (χ0) is 15.1. The van der Waals surface area contributed by atoms with Crippen LogP contribution in [0.15, 0.2) is 36.5 Å². The first kappa shape index (κ1) is 15.3. The van der Waals surface area contributed by atoms with Crippen LogP contribution in [0.5, 0.6) is 11.5 Å². The van der Waals surface area contributed by atoms with Gasteiger partial charge in [-0.05, 0) is 30.7 Å². The summed E-state index contributed by atoms with van der Waals surface area (Å²) in [6, 6.07) is 7.84. The molecular weight excluding hydrogens is 269 g/mol.